The zero-order chi connectivity index (χ0) is 22.5. The standard InChI is InChI=1S/C25H31ClN4O2/c1-17-9-10-20(16-22(17)26)29-25(32)28-19-11-12-23(30-13-5-6-14-30)21(15-19)24(31)27-18-7-3-2-4-8-18/h9-12,15-16,18H,2-8,13-14H2,1H3,(H,27,31)(H2,28,29,32). The monoisotopic (exact) mass is 454 g/mol. The molecule has 0 atom stereocenters. The predicted octanol–water partition coefficient (Wildman–Crippen LogP) is 5.96. The molecule has 0 unspecified atom stereocenters. The molecule has 4 rings (SSSR count). The highest BCUT2D eigenvalue weighted by Crippen LogP contribution is 2.29. The number of benzene rings is 2. The van der Waals surface area contributed by atoms with Crippen molar-refractivity contribution in [2.24, 2.45) is 0 Å². The van der Waals surface area contributed by atoms with E-state index in [1.165, 1.54) is 6.42 Å². The molecule has 0 bridgehead atoms. The van der Waals surface area contributed by atoms with Gasteiger partial charge in [-0.15, -0.1) is 0 Å². The maximum absolute atomic E-state index is 13.2. The highest BCUT2D eigenvalue weighted by atomic mass is 35.5. The van der Waals surface area contributed by atoms with E-state index in [0.717, 1.165) is 62.9 Å². The molecule has 1 saturated heterocycles. The van der Waals surface area contributed by atoms with Crippen LogP contribution in [0.15, 0.2) is 36.4 Å². The summed E-state index contributed by atoms with van der Waals surface area (Å²) in [6, 6.07) is 10.8. The molecule has 0 radical (unpaired) electrons. The number of carbonyl (C=O) groups excluding carboxylic acids is 2. The Labute approximate surface area is 194 Å². The molecular weight excluding hydrogens is 424 g/mol. The Morgan fingerprint density at radius 3 is 2.25 bits per heavy atom. The summed E-state index contributed by atoms with van der Waals surface area (Å²) < 4.78 is 0. The van der Waals surface area contributed by atoms with Gasteiger partial charge in [-0.25, -0.2) is 4.79 Å². The highest BCUT2D eigenvalue weighted by Gasteiger charge is 2.23. The highest BCUT2D eigenvalue weighted by molar-refractivity contribution is 6.31. The molecule has 1 aliphatic carbocycles. The molecule has 7 heteroatoms. The molecule has 1 aliphatic heterocycles. The van der Waals surface area contributed by atoms with Crippen LogP contribution in [0.25, 0.3) is 0 Å². The van der Waals surface area contributed by atoms with Crippen LogP contribution in [0.1, 0.15) is 60.9 Å². The van der Waals surface area contributed by atoms with Gasteiger partial charge in [0.25, 0.3) is 5.91 Å². The lowest BCUT2D eigenvalue weighted by molar-refractivity contribution is 0.0928. The Kier molecular flexibility index (Phi) is 7.20. The number of carbonyl (C=O) groups is 2. The van der Waals surface area contributed by atoms with Crippen LogP contribution >= 0.6 is 11.6 Å². The number of nitrogens with one attached hydrogen (secondary N) is 3. The number of urea groups is 1. The average molecular weight is 455 g/mol. The van der Waals surface area contributed by atoms with Gasteiger partial charge in [-0.1, -0.05) is 36.9 Å². The quantitative estimate of drug-likeness (QED) is 0.522. The third kappa shape index (κ3) is 5.54. The van der Waals surface area contributed by atoms with Crippen molar-refractivity contribution in [2.45, 2.75) is 57.9 Å². The molecule has 2 aromatic rings. The molecule has 2 aromatic carbocycles. The van der Waals surface area contributed by atoms with E-state index in [4.69, 9.17) is 11.6 Å². The summed E-state index contributed by atoms with van der Waals surface area (Å²) in [7, 11) is 0. The maximum atomic E-state index is 13.2. The number of hydrogen-bond donors (Lipinski definition) is 3. The molecule has 3 N–H and O–H groups in total. The minimum atomic E-state index is -0.377. The summed E-state index contributed by atoms with van der Waals surface area (Å²) in [6.07, 6.45) is 7.89. The first kappa shape index (κ1) is 22.5. The van der Waals surface area contributed by atoms with Crippen molar-refractivity contribution in [3.05, 3.63) is 52.5 Å². The lowest BCUT2D eigenvalue weighted by atomic mass is 9.95. The predicted molar refractivity (Wildman–Crippen MR) is 131 cm³/mol. The summed E-state index contributed by atoms with van der Waals surface area (Å²) >= 11 is 6.15. The maximum Gasteiger partial charge on any atom is 0.323 e. The molecule has 0 aromatic heterocycles. The largest absolute Gasteiger partial charge is 0.371 e. The van der Waals surface area contributed by atoms with Crippen molar-refractivity contribution >= 4 is 40.6 Å². The fourth-order valence-electron chi connectivity index (χ4n) is 4.50. The van der Waals surface area contributed by atoms with E-state index in [-0.39, 0.29) is 18.0 Å². The first-order valence-electron chi connectivity index (χ1n) is 11.5. The van der Waals surface area contributed by atoms with E-state index in [1.54, 1.807) is 18.2 Å². The second-order valence-electron chi connectivity index (χ2n) is 8.78. The summed E-state index contributed by atoms with van der Waals surface area (Å²) in [5.74, 6) is -0.0619. The topological polar surface area (TPSA) is 73.5 Å². The molecule has 2 aliphatic rings. The van der Waals surface area contributed by atoms with Gasteiger partial charge in [-0.2, -0.15) is 0 Å². The van der Waals surface area contributed by atoms with Crippen molar-refractivity contribution in [3.63, 3.8) is 0 Å². The van der Waals surface area contributed by atoms with Gasteiger partial charge in [0.2, 0.25) is 0 Å². The smallest absolute Gasteiger partial charge is 0.323 e. The zero-order valence-corrected chi connectivity index (χ0v) is 19.3. The fourth-order valence-corrected chi connectivity index (χ4v) is 4.68. The van der Waals surface area contributed by atoms with Crippen LogP contribution in [-0.2, 0) is 0 Å². The first-order chi connectivity index (χ1) is 15.5. The number of aryl methyl sites for hydroxylation is 1. The third-order valence-electron chi connectivity index (χ3n) is 6.32. The summed E-state index contributed by atoms with van der Waals surface area (Å²) in [5.41, 5.74) is 3.70. The second kappa shape index (κ2) is 10.3. The summed E-state index contributed by atoms with van der Waals surface area (Å²) in [6.45, 7) is 3.81. The molecule has 2 fully saturated rings. The number of anilines is 3. The van der Waals surface area contributed by atoms with Crippen LogP contribution in [0, 0.1) is 6.92 Å². The van der Waals surface area contributed by atoms with Crippen LogP contribution in [-0.4, -0.2) is 31.1 Å². The Bertz CT molecular complexity index is 982. The zero-order valence-electron chi connectivity index (χ0n) is 18.5. The van der Waals surface area contributed by atoms with Crippen LogP contribution in [0.5, 0.6) is 0 Å². The van der Waals surface area contributed by atoms with Crippen molar-refractivity contribution in [1.82, 2.24) is 5.32 Å². The average Bonchev–Trinajstić information content (AvgIpc) is 3.32. The number of halogens is 1. The molecular formula is C25H31ClN4O2. The molecule has 32 heavy (non-hydrogen) atoms. The van der Waals surface area contributed by atoms with Gasteiger partial charge >= 0.3 is 6.03 Å². The van der Waals surface area contributed by atoms with E-state index in [1.807, 2.05) is 25.1 Å². The van der Waals surface area contributed by atoms with Crippen molar-refractivity contribution in [3.8, 4) is 0 Å². The van der Waals surface area contributed by atoms with Gasteiger partial charge in [-0.05, 0) is 68.5 Å². The van der Waals surface area contributed by atoms with Gasteiger partial charge in [0.1, 0.15) is 0 Å². The number of hydrogen-bond acceptors (Lipinski definition) is 3. The lowest BCUT2D eigenvalue weighted by Crippen LogP contribution is -2.37. The molecule has 0 spiro atoms. The minimum absolute atomic E-state index is 0.0619. The summed E-state index contributed by atoms with van der Waals surface area (Å²) in [5, 5.41) is 9.47. The summed E-state index contributed by atoms with van der Waals surface area (Å²) in [4.78, 5) is 28.0. The van der Waals surface area contributed by atoms with Gasteiger partial charge in [-0.3, -0.25) is 4.79 Å². The van der Waals surface area contributed by atoms with Crippen molar-refractivity contribution in [2.75, 3.05) is 28.6 Å². The third-order valence-corrected chi connectivity index (χ3v) is 6.72. The lowest BCUT2D eigenvalue weighted by Gasteiger charge is -2.25. The van der Waals surface area contributed by atoms with Crippen LogP contribution in [0.2, 0.25) is 5.02 Å². The van der Waals surface area contributed by atoms with Gasteiger partial charge in [0, 0.05) is 41.2 Å². The molecule has 1 saturated carbocycles. The molecule has 6 nitrogen and oxygen atoms in total. The van der Waals surface area contributed by atoms with Crippen LogP contribution in [0.4, 0.5) is 21.9 Å². The van der Waals surface area contributed by atoms with Crippen molar-refractivity contribution < 1.29 is 9.59 Å². The number of rotatable bonds is 5. The normalized spacial score (nSPS) is 16.6. The van der Waals surface area contributed by atoms with E-state index in [0.29, 0.717) is 22.0 Å². The second-order valence-corrected chi connectivity index (χ2v) is 9.18. The van der Waals surface area contributed by atoms with E-state index in [2.05, 4.69) is 20.9 Å². The molecule has 3 amide bonds. The number of nitrogens with zero attached hydrogens (tertiary/aromatic N) is 1. The van der Waals surface area contributed by atoms with E-state index >= 15 is 0 Å². The Morgan fingerprint density at radius 1 is 0.906 bits per heavy atom. The number of amides is 3. The van der Waals surface area contributed by atoms with Gasteiger partial charge in [0.15, 0.2) is 0 Å². The van der Waals surface area contributed by atoms with Gasteiger partial charge in [0.05, 0.1) is 5.56 Å². The van der Waals surface area contributed by atoms with Crippen molar-refractivity contribution in [1.29, 1.82) is 0 Å². The van der Waals surface area contributed by atoms with Gasteiger partial charge < -0.3 is 20.9 Å². The Balaban J connectivity index is 1.50. The SMILES string of the molecule is Cc1ccc(NC(=O)Nc2ccc(N3CCCC3)c(C(=O)NC3CCCCC3)c2)cc1Cl. The van der Waals surface area contributed by atoms with Crippen LogP contribution < -0.4 is 20.9 Å². The minimum Gasteiger partial charge on any atom is -0.371 e. The Hall–Kier alpha value is -2.73. The fraction of sp³-hybridized carbons (Fsp3) is 0.440. The Morgan fingerprint density at radius 2 is 1.56 bits per heavy atom. The van der Waals surface area contributed by atoms with Crippen LogP contribution in [0.3, 0.4) is 0 Å². The van der Waals surface area contributed by atoms with E-state index in [9.17, 15) is 9.59 Å². The van der Waals surface area contributed by atoms with E-state index < -0.39 is 0 Å². The first-order valence-corrected chi connectivity index (χ1v) is 11.9. The molecule has 170 valence electrons. The molecule has 1 heterocycles.